The van der Waals surface area contributed by atoms with E-state index in [0.717, 1.165) is 12.8 Å². The predicted octanol–water partition coefficient (Wildman–Crippen LogP) is 2.36. The van der Waals surface area contributed by atoms with Crippen molar-refractivity contribution < 1.29 is 0 Å². The van der Waals surface area contributed by atoms with Gasteiger partial charge in [-0.05, 0) is 37.0 Å². The van der Waals surface area contributed by atoms with Crippen molar-refractivity contribution >= 4 is 5.95 Å². The summed E-state index contributed by atoms with van der Waals surface area (Å²) in [4.78, 5) is 12.7. The number of anilines is 1. The Morgan fingerprint density at radius 3 is 2.47 bits per heavy atom. The third-order valence-electron chi connectivity index (χ3n) is 3.34. The predicted molar refractivity (Wildman–Crippen MR) is 65.4 cm³/mol. The van der Waals surface area contributed by atoms with Crippen LogP contribution in [0.3, 0.4) is 0 Å². The average Bonchev–Trinajstić information content (AvgIpc) is 2.36. The van der Waals surface area contributed by atoms with Gasteiger partial charge >= 0.3 is 0 Å². The first-order valence-electron chi connectivity index (χ1n) is 5.85. The van der Waals surface area contributed by atoms with Crippen LogP contribution in [0.15, 0.2) is 43.0 Å². The molecule has 2 aromatic heterocycles. The van der Waals surface area contributed by atoms with Gasteiger partial charge in [-0.1, -0.05) is 6.07 Å². The number of pyridine rings is 1. The highest BCUT2D eigenvalue weighted by molar-refractivity contribution is 5.37. The molecule has 1 saturated carbocycles. The highest BCUT2D eigenvalue weighted by Crippen LogP contribution is 2.43. The second-order valence-electron chi connectivity index (χ2n) is 4.37. The summed E-state index contributed by atoms with van der Waals surface area (Å²) in [6.07, 6.45) is 10.7. The van der Waals surface area contributed by atoms with Gasteiger partial charge in [0.2, 0.25) is 5.95 Å². The van der Waals surface area contributed by atoms with Gasteiger partial charge in [-0.15, -0.1) is 0 Å². The average molecular weight is 226 g/mol. The molecule has 0 spiro atoms. The highest BCUT2D eigenvalue weighted by Gasteiger charge is 2.39. The second-order valence-corrected chi connectivity index (χ2v) is 4.37. The number of nitrogens with zero attached hydrogens (tertiary/aromatic N) is 3. The zero-order chi connectivity index (χ0) is 11.6. The van der Waals surface area contributed by atoms with Gasteiger partial charge in [-0.25, -0.2) is 9.97 Å². The molecular formula is C13H14N4. The minimum absolute atomic E-state index is 0.0182. The summed E-state index contributed by atoms with van der Waals surface area (Å²) in [5, 5.41) is 3.45. The van der Waals surface area contributed by atoms with Crippen LogP contribution in [-0.2, 0) is 5.54 Å². The fourth-order valence-electron chi connectivity index (χ4n) is 2.24. The lowest BCUT2D eigenvalue weighted by molar-refractivity contribution is 0.282. The van der Waals surface area contributed by atoms with Crippen molar-refractivity contribution in [3.63, 3.8) is 0 Å². The summed E-state index contributed by atoms with van der Waals surface area (Å²) in [6, 6.07) is 5.91. The molecule has 0 radical (unpaired) electrons. The lowest BCUT2D eigenvalue weighted by atomic mass is 9.72. The van der Waals surface area contributed by atoms with Crippen molar-refractivity contribution in [1.29, 1.82) is 0 Å². The fraction of sp³-hybridized carbons (Fsp3) is 0.308. The van der Waals surface area contributed by atoms with Crippen LogP contribution in [0.4, 0.5) is 5.95 Å². The molecule has 1 N–H and O–H groups in total. The zero-order valence-electron chi connectivity index (χ0n) is 9.50. The van der Waals surface area contributed by atoms with Crippen LogP contribution in [0.1, 0.15) is 24.8 Å². The Bertz CT molecular complexity index is 479. The third kappa shape index (κ3) is 1.86. The van der Waals surface area contributed by atoms with E-state index in [1.807, 2.05) is 18.3 Å². The van der Waals surface area contributed by atoms with Gasteiger partial charge in [0.15, 0.2) is 0 Å². The van der Waals surface area contributed by atoms with Crippen LogP contribution in [-0.4, -0.2) is 15.0 Å². The van der Waals surface area contributed by atoms with E-state index in [1.54, 1.807) is 18.6 Å². The largest absolute Gasteiger partial charge is 0.345 e. The maximum absolute atomic E-state index is 4.23. The minimum atomic E-state index is -0.0182. The van der Waals surface area contributed by atoms with Crippen LogP contribution in [0.5, 0.6) is 0 Å². The third-order valence-corrected chi connectivity index (χ3v) is 3.34. The summed E-state index contributed by atoms with van der Waals surface area (Å²) in [6.45, 7) is 0. The molecular weight excluding hydrogens is 212 g/mol. The molecule has 2 aromatic rings. The Kier molecular flexibility index (Phi) is 2.48. The summed E-state index contributed by atoms with van der Waals surface area (Å²) in [7, 11) is 0. The molecule has 4 heteroatoms. The van der Waals surface area contributed by atoms with E-state index < -0.39 is 0 Å². The second kappa shape index (κ2) is 4.13. The molecule has 0 bridgehead atoms. The molecule has 2 heterocycles. The normalized spacial score (nSPS) is 17.2. The van der Waals surface area contributed by atoms with Crippen molar-refractivity contribution in [3.05, 3.63) is 48.5 Å². The standard InChI is InChI=1S/C13H14N4/c1-4-11(10-14-7-1)13(5-2-6-13)17-12-15-8-3-9-16-12/h1,3-4,7-10H,2,5-6H2,(H,15,16,17). The van der Waals surface area contributed by atoms with E-state index in [1.165, 1.54) is 12.0 Å². The molecule has 4 nitrogen and oxygen atoms in total. The van der Waals surface area contributed by atoms with E-state index in [-0.39, 0.29) is 5.54 Å². The molecule has 1 aliphatic carbocycles. The molecule has 86 valence electrons. The molecule has 0 aliphatic heterocycles. The molecule has 17 heavy (non-hydrogen) atoms. The molecule has 0 amide bonds. The van der Waals surface area contributed by atoms with Gasteiger partial charge in [0.05, 0.1) is 5.54 Å². The lowest BCUT2D eigenvalue weighted by Gasteiger charge is -2.42. The van der Waals surface area contributed by atoms with E-state index >= 15 is 0 Å². The van der Waals surface area contributed by atoms with Crippen molar-refractivity contribution in [2.45, 2.75) is 24.8 Å². The number of hydrogen-bond donors (Lipinski definition) is 1. The maximum Gasteiger partial charge on any atom is 0.223 e. The zero-order valence-corrected chi connectivity index (χ0v) is 9.50. The van der Waals surface area contributed by atoms with Gasteiger partial charge in [0.25, 0.3) is 0 Å². The lowest BCUT2D eigenvalue weighted by Crippen LogP contribution is -2.42. The van der Waals surface area contributed by atoms with Gasteiger partial charge < -0.3 is 5.32 Å². The summed E-state index contributed by atoms with van der Waals surface area (Å²) >= 11 is 0. The van der Waals surface area contributed by atoms with Gasteiger partial charge in [-0.3, -0.25) is 4.98 Å². The van der Waals surface area contributed by atoms with E-state index in [9.17, 15) is 0 Å². The Balaban J connectivity index is 1.89. The summed E-state index contributed by atoms with van der Waals surface area (Å²) in [5.74, 6) is 0.691. The van der Waals surface area contributed by atoms with Gasteiger partial charge in [-0.2, -0.15) is 0 Å². The van der Waals surface area contributed by atoms with Crippen LogP contribution in [0.2, 0.25) is 0 Å². The SMILES string of the molecule is c1cnc(NC2(c3cccnc3)CCC2)nc1. The monoisotopic (exact) mass is 226 g/mol. The Hall–Kier alpha value is -1.97. The minimum Gasteiger partial charge on any atom is -0.345 e. The topological polar surface area (TPSA) is 50.7 Å². The smallest absolute Gasteiger partial charge is 0.223 e. The van der Waals surface area contributed by atoms with Crippen LogP contribution in [0.25, 0.3) is 0 Å². The molecule has 0 unspecified atom stereocenters. The number of aromatic nitrogens is 3. The number of rotatable bonds is 3. The van der Waals surface area contributed by atoms with Crippen molar-refractivity contribution in [2.24, 2.45) is 0 Å². The van der Waals surface area contributed by atoms with Crippen molar-refractivity contribution in [1.82, 2.24) is 15.0 Å². The van der Waals surface area contributed by atoms with E-state index in [4.69, 9.17) is 0 Å². The molecule has 0 atom stereocenters. The number of hydrogen-bond acceptors (Lipinski definition) is 4. The Labute approximate surface area is 100 Å². The van der Waals surface area contributed by atoms with Gasteiger partial charge in [0, 0.05) is 24.8 Å². The van der Waals surface area contributed by atoms with E-state index in [2.05, 4.69) is 26.3 Å². The first-order chi connectivity index (χ1) is 8.39. The van der Waals surface area contributed by atoms with Crippen molar-refractivity contribution in [2.75, 3.05) is 5.32 Å². The Morgan fingerprint density at radius 2 is 1.88 bits per heavy atom. The van der Waals surface area contributed by atoms with Crippen molar-refractivity contribution in [3.8, 4) is 0 Å². The molecule has 1 aliphatic rings. The summed E-state index contributed by atoms with van der Waals surface area (Å²) in [5.41, 5.74) is 1.20. The van der Waals surface area contributed by atoms with E-state index in [0.29, 0.717) is 5.95 Å². The molecule has 1 fully saturated rings. The first kappa shape index (κ1) is 10.2. The first-order valence-corrected chi connectivity index (χ1v) is 5.85. The number of nitrogens with one attached hydrogen (secondary N) is 1. The maximum atomic E-state index is 4.23. The highest BCUT2D eigenvalue weighted by atomic mass is 15.1. The molecule has 3 rings (SSSR count). The van der Waals surface area contributed by atoms with Crippen LogP contribution in [0, 0.1) is 0 Å². The molecule has 0 saturated heterocycles. The quantitative estimate of drug-likeness (QED) is 0.872. The van der Waals surface area contributed by atoms with Crippen LogP contribution >= 0.6 is 0 Å². The Morgan fingerprint density at radius 1 is 1.06 bits per heavy atom. The van der Waals surface area contributed by atoms with Crippen LogP contribution < -0.4 is 5.32 Å². The summed E-state index contributed by atoms with van der Waals surface area (Å²) < 4.78 is 0. The molecule has 0 aromatic carbocycles. The van der Waals surface area contributed by atoms with Gasteiger partial charge in [0.1, 0.15) is 0 Å². The fourth-order valence-corrected chi connectivity index (χ4v) is 2.24.